The third-order valence-electron chi connectivity index (χ3n) is 3.07. The quantitative estimate of drug-likeness (QED) is 0.349. The Balaban J connectivity index is 2.96. The second-order valence-corrected chi connectivity index (χ2v) is 4.92. The molecule has 0 amide bonds. The number of unbranched alkanes of at least 4 members (excludes halogenated alkanes) is 7. The molecule has 102 valence electrons. The molecule has 0 radical (unpaired) electrons. The lowest BCUT2D eigenvalue weighted by molar-refractivity contribution is 0.577. The average molecular weight is 239 g/mol. The fourth-order valence-electron chi connectivity index (χ4n) is 1.87. The van der Waals surface area contributed by atoms with E-state index in [0.717, 1.165) is 0 Å². The maximum absolute atomic E-state index is 3.52. The van der Waals surface area contributed by atoms with Gasteiger partial charge in [0.25, 0.3) is 0 Å². The van der Waals surface area contributed by atoms with Gasteiger partial charge in [-0.05, 0) is 45.2 Å². The Bertz CT molecular complexity index is 152. The minimum atomic E-state index is 1.21. The SMILES string of the molecule is CCCC/C=C/CCCCCNCCCCC. The Morgan fingerprint density at radius 1 is 0.647 bits per heavy atom. The first-order chi connectivity index (χ1) is 8.41. The summed E-state index contributed by atoms with van der Waals surface area (Å²) in [5, 5.41) is 3.52. The molecular weight excluding hydrogens is 206 g/mol. The van der Waals surface area contributed by atoms with Gasteiger partial charge in [0.05, 0.1) is 0 Å². The van der Waals surface area contributed by atoms with E-state index < -0.39 is 0 Å². The molecule has 0 rings (SSSR count). The highest BCUT2D eigenvalue weighted by Gasteiger charge is 1.89. The van der Waals surface area contributed by atoms with Crippen molar-refractivity contribution in [2.24, 2.45) is 0 Å². The van der Waals surface area contributed by atoms with Crippen LogP contribution in [0.4, 0.5) is 0 Å². The van der Waals surface area contributed by atoms with Crippen LogP contribution < -0.4 is 5.32 Å². The van der Waals surface area contributed by atoms with Gasteiger partial charge in [0, 0.05) is 0 Å². The summed E-state index contributed by atoms with van der Waals surface area (Å²) in [6, 6.07) is 0. The molecule has 1 nitrogen and oxygen atoms in total. The molecule has 0 heterocycles. The lowest BCUT2D eigenvalue weighted by atomic mass is 10.1. The van der Waals surface area contributed by atoms with Crippen molar-refractivity contribution in [3.05, 3.63) is 12.2 Å². The molecule has 0 aromatic carbocycles. The van der Waals surface area contributed by atoms with E-state index in [1.165, 1.54) is 77.3 Å². The van der Waals surface area contributed by atoms with Crippen LogP contribution in [0, 0.1) is 0 Å². The Hall–Kier alpha value is -0.300. The predicted molar refractivity (Wildman–Crippen MR) is 79.5 cm³/mol. The van der Waals surface area contributed by atoms with Crippen molar-refractivity contribution < 1.29 is 0 Å². The second-order valence-electron chi connectivity index (χ2n) is 4.92. The molecule has 0 fully saturated rings. The largest absolute Gasteiger partial charge is 0.317 e. The van der Waals surface area contributed by atoms with Crippen molar-refractivity contribution in [3.63, 3.8) is 0 Å². The summed E-state index contributed by atoms with van der Waals surface area (Å²) in [7, 11) is 0. The molecule has 1 N–H and O–H groups in total. The van der Waals surface area contributed by atoms with Crippen LogP contribution in [-0.2, 0) is 0 Å². The fraction of sp³-hybridized carbons (Fsp3) is 0.875. The van der Waals surface area contributed by atoms with E-state index >= 15 is 0 Å². The smallest absolute Gasteiger partial charge is 0.00489 e. The maximum atomic E-state index is 3.52. The van der Waals surface area contributed by atoms with Crippen molar-refractivity contribution in [2.75, 3.05) is 13.1 Å². The molecule has 0 saturated heterocycles. The minimum Gasteiger partial charge on any atom is -0.317 e. The minimum absolute atomic E-state index is 1.21. The third-order valence-corrected chi connectivity index (χ3v) is 3.07. The summed E-state index contributed by atoms with van der Waals surface area (Å²) >= 11 is 0. The highest BCUT2D eigenvalue weighted by molar-refractivity contribution is 4.81. The second kappa shape index (κ2) is 15.7. The first-order valence-corrected chi connectivity index (χ1v) is 7.77. The summed E-state index contributed by atoms with van der Waals surface area (Å²) in [6.07, 6.45) is 18.0. The zero-order chi connectivity index (χ0) is 12.6. The van der Waals surface area contributed by atoms with E-state index in [4.69, 9.17) is 0 Å². The Morgan fingerprint density at radius 3 is 1.88 bits per heavy atom. The van der Waals surface area contributed by atoms with Crippen LogP contribution in [0.3, 0.4) is 0 Å². The Morgan fingerprint density at radius 2 is 1.24 bits per heavy atom. The van der Waals surface area contributed by atoms with Gasteiger partial charge in [-0.1, -0.05) is 58.1 Å². The number of rotatable bonds is 13. The molecule has 0 aliphatic heterocycles. The molecule has 1 heteroatoms. The highest BCUT2D eigenvalue weighted by atomic mass is 14.8. The van der Waals surface area contributed by atoms with Gasteiger partial charge >= 0.3 is 0 Å². The Kier molecular flexibility index (Phi) is 15.4. The maximum Gasteiger partial charge on any atom is -0.00489 e. The third kappa shape index (κ3) is 15.7. The van der Waals surface area contributed by atoms with Crippen LogP contribution in [0.15, 0.2) is 12.2 Å². The molecule has 0 aromatic heterocycles. The van der Waals surface area contributed by atoms with E-state index in [1.54, 1.807) is 0 Å². The zero-order valence-corrected chi connectivity index (χ0v) is 12.1. The molecule has 0 unspecified atom stereocenters. The first kappa shape index (κ1) is 16.7. The highest BCUT2D eigenvalue weighted by Crippen LogP contribution is 2.02. The zero-order valence-electron chi connectivity index (χ0n) is 12.1. The number of hydrogen-bond donors (Lipinski definition) is 1. The van der Waals surface area contributed by atoms with E-state index in [-0.39, 0.29) is 0 Å². The van der Waals surface area contributed by atoms with E-state index in [2.05, 4.69) is 31.3 Å². The van der Waals surface area contributed by atoms with Crippen molar-refractivity contribution >= 4 is 0 Å². The molecule has 0 aliphatic rings. The summed E-state index contributed by atoms with van der Waals surface area (Å²) in [5.74, 6) is 0. The molecule has 0 spiro atoms. The molecular formula is C16H33N. The van der Waals surface area contributed by atoms with Gasteiger partial charge < -0.3 is 5.32 Å². The molecule has 17 heavy (non-hydrogen) atoms. The van der Waals surface area contributed by atoms with Crippen LogP contribution >= 0.6 is 0 Å². The number of hydrogen-bond acceptors (Lipinski definition) is 1. The summed E-state index contributed by atoms with van der Waals surface area (Å²) < 4.78 is 0. The summed E-state index contributed by atoms with van der Waals surface area (Å²) in [5.41, 5.74) is 0. The normalized spacial score (nSPS) is 11.4. The average Bonchev–Trinajstić information content (AvgIpc) is 2.35. The van der Waals surface area contributed by atoms with Crippen LogP contribution in [-0.4, -0.2) is 13.1 Å². The lowest BCUT2D eigenvalue weighted by Gasteiger charge is -2.03. The Labute approximate surface area is 109 Å². The van der Waals surface area contributed by atoms with Gasteiger partial charge in [-0.15, -0.1) is 0 Å². The van der Waals surface area contributed by atoms with Crippen molar-refractivity contribution in [1.29, 1.82) is 0 Å². The van der Waals surface area contributed by atoms with Gasteiger partial charge in [-0.3, -0.25) is 0 Å². The standard InChI is InChI=1S/C16H33N/c1-3-5-7-8-9-10-11-12-14-16-17-15-13-6-4-2/h8-9,17H,3-7,10-16H2,1-2H3/b9-8+. The first-order valence-electron chi connectivity index (χ1n) is 7.77. The predicted octanol–water partition coefficient (Wildman–Crippen LogP) is 5.07. The van der Waals surface area contributed by atoms with Crippen LogP contribution in [0.2, 0.25) is 0 Å². The summed E-state index contributed by atoms with van der Waals surface area (Å²) in [6.45, 7) is 6.93. The van der Waals surface area contributed by atoms with Gasteiger partial charge in [-0.2, -0.15) is 0 Å². The topological polar surface area (TPSA) is 12.0 Å². The van der Waals surface area contributed by atoms with Gasteiger partial charge in [-0.25, -0.2) is 0 Å². The molecule has 0 atom stereocenters. The molecule has 0 bridgehead atoms. The summed E-state index contributed by atoms with van der Waals surface area (Å²) in [4.78, 5) is 0. The fourth-order valence-corrected chi connectivity index (χ4v) is 1.87. The lowest BCUT2D eigenvalue weighted by Crippen LogP contribution is -2.16. The van der Waals surface area contributed by atoms with Crippen molar-refractivity contribution in [1.82, 2.24) is 5.32 Å². The van der Waals surface area contributed by atoms with E-state index in [0.29, 0.717) is 0 Å². The van der Waals surface area contributed by atoms with Crippen LogP contribution in [0.25, 0.3) is 0 Å². The number of nitrogens with one attached hydrogen (secondary N) is 1. The van der Waals surface area contributed by atoms with Crippen LogP contribution in [0.1, 0.15) is 78.1 Å². The number of allylic oxidation sites excluding steroid dienone is 2. The molecule has 0 saturated carbocycles. The molecule has 0 aliphatic carbocycles. The van der Waals surface area contributed by atoms with E-state index in [9.17, 15) is 0 Å². The van der Waals surface area contributed by atoms with E-state index in [1.807, 2.05) is 0 Å². The van der Waals surface area contributed by atoms with Crippen LogP contribution in [0.5, 0.6) is 0 Å². The molecule has 0 aromatic rings. The van der Waals surface area contributed by atoms with Gasteiger partial charge in [0.2, 0.25) is 0 Å². The van der Waals surface area contributed by atoms with Gasteiger partial charge in [0.1, 0.15) is 0 Å². The monoisotopic (exact) mass is 239 g/mol. The van der Waals surface area contributed by atoms with Crippen molar-refractivity contribution in [2.45, 2.75) is 78.1 Å². The van der Waals surface area contributed by atoms with Crippen molar-refractivity contribution in [3.8, 4) is 0 Å². The van der Waals surface area contributed by atoms with Gasteiger partial charge in [0.15, 0.2) is 0 Å².